The lowest BCUT2D eigenvalue weighted by atomic mass is 9.72. The van der Waals surface area contributed by atoms with E-state index in [2.05, 4.69) is 15.6 Å². The lowest BCUT2D eigenvalue weighted by Gasteiger charge is -2.41. The highest BCUT2D eigenvalue weighted by Gasteiger charge is 2.42. The Balaban J connectivity index is 1.34. The van der Waals surface area contributed by atoms with E-state index >= 15 is 0 Å². The van der Waals surface area contributed by atoms with Gasteiger partial charge in [-0.05, 0) is 72.7 Å². The molecule has 10 nitrogen and oxygen atoms in total. The molecule has 3 N–H and O–H groups in total. The number of aliphatic carboxylic acids is 1. The number of ether oxygens (including phenoxy) is 1. The van der Waals surface area contributed by atoms with Gasteiger partial charge in [-0.25, -0.2) is 4.79 Å². The van der Waals surface area contributed by atoms with E-state index in [1.807, 2.05) is 41.3 Å². The van der Waals surface area contributed by atoms with Gasteiger partial charge in [0.1, 0.15) is 17.5 Å². The summed E-state index contributed by atoms with van der Waals surface area (Å²) in [5, 5.41) is 15.2. The Bertz CT molecular complexity index is 1450. The summed E-state index contributed by atoms with van der Waals surface area (Å²) in [6, 6.07) is 17.4. The Morgan fingerprint density at radius 1 is 1.00 bits per heavy atom. The molecule has 43 heavy (non-hydrogen) atoms. The summed E-state index contributed by atoms with van der Waals surface area (Å²) in [4.78, 5) is 57.2. The van der Waals surface area contributed by atoms with Crippen molar-refractivity contribution in [2.45, 2.75) is 51.0 Å². The number of aryl methyl sites for hydroxylation is 1. The van der Waals surface area contributed by atoms with Crippen LogP contribution in [-0.4, -0.2) is 64.4 Å². The maximum Gasteiger partial charge on any atom is 0.326 e. The maximum absolute atomic E-state index is 13.7. The van der Waals surface area contributed by atoms with Crippen LogP contribution in [0.1, 0.15) is 42.4 Å². The first-order chi connectivity index (χ1) is 20.8. The molecule has 0 unspecified atom stereocenters. The number of rotatable bonds is 4. The normalized spacial score (nSPS) is 19.0. The summed E-state index contributed by atoms with van der Waals surface area (Å²) < 4.78 is 6.08. The molecule has 10 heteroatoms. The van der Waals surface area contributed by atoms with E-state index in [9.17, 15) is 24.3 Å². The van der Waals surface area contributed by atoms with Crippen molar-refractivity contribution in [1.82, 2.24) is 20.5 Å². The van der Waals surface area contributed by atoms with Crippen molar-refractivity contribution < 1.29 is 29.0 Å². The summed E-state index contributed by atoms with van der Waals surface area (Å²) in [6.45, 7) is 0.968. The standard InChI is InChI=1S/C33H36N4O6/c38-29-12-16-35-32(42)33(13-17-37(18-14-33)30(39)11-8-24-4-2-15-34-22-24)21-25-3-1-5-27(19-25)43-26-9-6-23(7-10-26)20-28(36-29)31(40)41/h1-7,9-10,15,19,22,28H,8,11-14,16-18,20-21H2,(H,35,42)(H,36,38)(H,40,41)/t28-/m0/s1. The van der Waals surface area contributed by atoms with Crippen LogP contribution in [0.15, 0.2) is 73.1 Å². The molecule has 3 aliphatic rings. The number of likely N-dealkylation sites (tertiary alicyclic amines) is 1. The Morgan fingerprint density at radius 2 is 1.79 bits per heavy atom. The third-order valence-electron chi connectivity index (χ3n) is 8.22. The summed E-state index contributed by atoms with van der Waals surface area (Å²) in [5.74, 6) is -0.511. The van der Waals surface area contributed by atoms with Gasteiger partial charge in [-0.15, -0.1) is 0 Å². The van der Waals surface area contributed by atoms with Crippen LogP contribution in [0.2, 0.25) is 0 Å². The first-order valence-corrected chi connectivity index (χ1v) is 14.6. The van der Waals surface area contributed by atoms with Gasteiger partial charge < -0.3 is 25.4 Å². The lowest BCUT2D eigenvalue weighted by molar-refractivity contribution is -0.142. The molecule has 3 amide bonds. The number of carboxylic acids is 1. The average Bonchev–Trinajstić information content (AvgIpc) is 3.01. The van der Waals surface area contributed by atoms with E-state index in [4.69, 9.17) is 4.74 Å². The second kappa shape index (κ2) is 13.5. The smallest absolute Gasteiger partial charge is 0.326 e. The van der Waals surface area contributed by atoms with Crippen molar-refractivity contribution in [3.8, 4) is 11.5 Å². The first-order valence-electron chi connectivity index (χ1n) is 14.6. The number of hydrogen-bond acceptors (Lipinski definition) is 6. The number of nitrogens with zero attached hydrogens (tertiary/aromatic N) is 2. The highest BCUT2D eigenvalue weighted by atomic mass is 16.5. The lowest BCUT2D eigenvalue weighted by Crippen LogP contribution is -2.52. The molecule has 4 bridgehead atoms. The van der Waals surface area contributed by atoms with Crippen molar-refractivity contribution in [1.29, 1.82) is 0 Å². The van der Waals surface area contributed by atoms with Gasteiger partial charge in [0.2, 0.25) is 17.7 Å². The molecule has 1 fully saturated rings. The molecule has 0 saturated carbocycles. The number of piperidine rings is 1. The van der Waals surface area contributed by atoms with Crippen LogP contribution in [0, 0.1) is 5.41 Å². The number of carbonyl (C=O) groups is 4. The predicted molar refractivity (Wildman–Crippen MR) is 158 cm³/mol. The fraction of sp³-hybridized carbons (Fsp3) is 0.364. The Hall–Kier alpha value is -4.73. The topological polar surface area (TPSA) is 138 Å². The highest BCUT2D eigenvalue weighted by Crippen LogP contribution is 2.37. The predicted octanol–water partition coefficient (Wildman–Crippen LogP) is 3.29. The molecule has 3 aromatic rings. The summed E-state index contributed by atoms with van der Waals surface area (Å²) in [6.07, 6.45) is 5.90. The van der Waals surface area contributed by atoms with E-state index in [0.29, 0.717) is 56.7 Å². The minimum atomic E-state index is -1.13. The number of carboxylic acid groups (broad SMARTS) is 1. The van der Waals surface area contributed by atoms with E-state index in [-0.39, 0.29) is 31.2 Å². The fourth-order valence-electron chi connectivity index (χ4n) is 5.74. The van der Waals surface area contributed by atoms with Crippen LogP contribution in [0.5, 0.6) is 11.5 Å². The third kappa shape index (κ3) is 7.77. The van der Waals surface area contributed by atoms with E-state index in [1.54, 1.807) is 36.7 Å². The largest absolute Gasteiger partial charge is 0.480 e. The first kappa shape index (κ1) is 29.8. The zero-order valence-electron chi connectivity index (χ0n) is 24.0. The number of fused-ring (bicyclic) bond motifs is 9. The molecule has 0 aliphatic carbocycles. The van der Waals surface area contributed by atoms with Gasteiger partial charge >= 0.3 is 5.97 Å². The minimum Gasteiger partial charge on any atom is -0.480 e. The summed E-state index contributed by atoms with van der Waals surface area (Å²) in [7, 11) is 0. The Morgan fingerprint density at radius 3 is 2.51 bits per heavy atom. The van der Waals surface area contributed by atoms with Crippen LogP contribution in [0.25, 0.3) is 0 Å². The van der Waals surface area contributed by atoms with Crippen LogP contribution >= 0.6 is 0 Å². The molecule has 1 atom stereocenters. The van der Waals surface area contributed by atoms with Gasteiger partial charge in [-0.2, -0.15) is 0 Å². The second-order valence-electron chi connectivity index (χ2n) is 11.3. The minimum absolute atomic E-state index is 0.0466. The van der Waals surface area contributed by atoms with E-state index in [0.717, 1.165) is 16.7 Å². The monoisotopic (exact) mass is 584 g/mol. The molecule has 6 rings (SSSR count). The van der Waals surface area contributed by atoms with Gasteiger partial charge in [-0.1, -0.05) is 30.3 Å². The zero-order valence-corrected chi connectivity index (χ0v) is 24.0. The average molecular weight is 585 g/mol. The number of benzene rings is 2. The van der Waals surface area contributed by atoms with Gasteiger partial charge in [-0.3, -0.25) is 19.4 Å². The SMILES string of the molecule is O=C1CCNC(=O)C2(CCN(C(=O)CCc3cccnc3)CC2)Cc2cccc(c2)Oc2ccc(cc2)C[C@@H](C(=O)O)N1. The number of amides is 3. The molecule has 3 aliphatic heterocycles. The van der Waals surface area contributed by atoms with E-state index in [1.165, 1.54) is 0 Å². The number of carbonyl (C=O) groups excluding carboxylic acids is 3. The molecule has 0 radical (unpaired) electrons. The molecule has 224 valence electrons. The van der Waals surface area contributed by atoms with Crippen LogP contribution < -0.4 is 15.4 Å². The zero-order chi connectivity index (χ0) is 30.2. The number of aromatic nitrogens is 1. The van der Waals surface area contributed by atoms with Gasteiger partial charge in [0.15, 0.2) is 0 Å². The van der Waals surface area contributed by atoms with Crippen LogP contribution in [0.3, 0.4) is 0 Å². The van der Waals surface area contributed by atoms with Crippen molar-refractivity contribution in [3.63, 3.8) is 0 Å². The second-order valence-corrected chi connectivity index (χ2v) is 11.3. The fourth-order valence-corrected chi connectivity index (χ4v) is 5.74. The van der Waals surface area contributed by atoms with Crippen molar-refractivity contribution in [2.75, 3.05) is 19.6 Å². The van der Waals surface area contributed by atoms with E-state index < -0.39 is 23.3 Å². The van der Waals surface area contributed by atoms with Gasteiger partial charge in [0.25, 0.3) is 0 Å². The van der Waals surface area contributed by atoms with Crippen molar-refractivity contribution in [2.24, 2.45) is 5.41 Å². The van der Waals surface area contributed by atoms with Crippen LogP contribution in [-0.2, 0) is 38.4 Å². The molecular formula is C33H36N4O6. The van der Waals surface area contributed by atoms with Crippen LogP contribution in [0.4, 0.5) is 0 Å². The van der Waals surface area contributed by atoms with Gasteiger partial charge in [0, 0.05) is 51.3 Å². The van der Waals surface area contributed by atoms with Crippen molar-refractivity contribution >= 4 is 23.7 Å². The summed E-state index contributed by atoms with van der Waals surface area (Å²) >= 11 is 0. The number of pyridine rings is 1. The number of hydrogen-bond donors (Lipinski definition) is 3. The summed E-state index contributed by atoms with van der Waals surface area (Å²) in [5.41, 5.74) is 1.89. The van der Waals surface area contributed by atoms with Crippen molar-refractivity contribution in [3.05, 3.63) is 89.7 Å². The molecular weight excluding hydrogens is 548 g/mol. The molecule has 2 aromatic carbocycles. The maximum atomic E-state index is 13.7. The molecule has 4 heterocycles. The van der Waals surface area contributed by atoms with Gasteiger partial charge in [0.05, 0.1) is 5.41 Å². The third-order valence-corrected chi connectivity index (χ3v) is 8.22. The highest BCUT2D eigenvalue weighted by molar-refractivity contribution is 5.86. The molecule has 1 aromatic heterocycles. The molecule has 1 saturated heterocycles. The quantitative estimate of drug-likeness (QED) is 0.428. The number of nitrogens with one attached hydrogen (secondary N) is 2. The Labute approximate surface area is 250 Å². The Kier molecular flexibility index (Phi) is 9.34. The molecule has 1 spiro atoms.